The van der Waals surface area contributed by atoms with Crippen molar-refractivity contribution in [1.29, 1.82) is 0 Å². The van der Waals surface area contributed by atoms with Crippen LogP contribution in [0.4, 0.5) is 5.69 Å². The summed E-state index contributed by atoms with van der Waals surface area (Å²) in [5.41, 5.74) is 6.96. The minimum atomic E-state index is 0.0191. The third-order valence-corrected chi connectivity index (χ3v) is 2.83. The van der Waals surface area contributed by atoms with Crippen molar-refractivity contribution in [3.8, 4) is 5.75 Å². The van der Waals surface area contributed by atoms with Crippen molar-refractivity contribution in [2.24, 2.45) is 0 Å². The average molecular weight is 236 g/mol. The van der Waals surface area contributed by atoms with Crippen molar-refractivity contribution in [2.45, 2.75) is 6.42 Å². The molecule has 5 heteroatoms. The lowest BCUT2D eigenvalue weighted by atomic mass is 10.1. The lowest BCUT2D eigenvalue weighted by Crippen LogP contribution is -2.41. The standard InChI is InChI=1S/C12H16N2O3/c13-11-2-1-10(15)7-9(11)8-12(16)14-3-5-17-6-4-14/h1-2,7,15H,3-6,8,13H2. The van der Waals surface area contributed by atoms with Crippen molar-refractivity contribution in [2.75, 3.05) is 32.0 Å². The fraction of sp³-hybridized carbons (Fsp3) is 0.417. The van der Waals surface area contributed by atoms with Gasteiger partial charge in [-0.15, -0.1) is 0 Å². The first-order valence-corrected chi connectivity index (χ1v) is 5.59. The summed E-state index contributed by atoms with van der Waals surface area (Å²) in [6.45, 7) is 2.41. The summed E-state index contributed by atoms with van der Waals surface area (Å²) in [6.07, 6.45) is 0.222. The molecule has 0 unspecified atom stereocenters. The highest BCUT2D eigenvalue weighted by molar-refractivity contribution is 5.80. The van der Waals surface area contributed by atoms with Crippen LogP contribution >= 0.6 is 0 Å². The summed E-state index contributed by atoms with van der Waals surface area (Å²) in [7, 11) is 0. The first kappa shape index (κ1) is 11.7. The van der Waals surface area contributed by atoms with Gasteiger partial charge in [0.2, 0.25) is 5.91 Å². The van der Waals surface area contributed by atoms with E-state index in [4.69, 9.17) is 10.5 Å². The molecule has 2 rings (SSSR count). The van der Waals surface area contributed by atoms with Gasteiger partial charge in [-0.1, -0.05) is 0 Å². The van der Waals surface area contributed by atoms with Crippen molar-refractivity contribution in [3.63, 3.8) is 0 Å². The highest BCUT2D eigenvalue weighted by atomic mass is 16.5. The third kappa shape index (κ3) is 2.88. The number of nitrogen functional groups attached to an aromatic ring is 1. The van der Waals surface area contributed by atoms with E-state index in [-0.39, 0.29) is 18.1 Å². The van der Waals surface area contributed by atoms with Gasteiger partial charge in [0.05, 0.1) is 19.6 Å². The van der Waals surface area contributed by atoms with E-state index in [1.165, 1.54) is 12.1 Å². The lowest BCUT2D eigenvalue weighted by Gasteiger charge is -2.27. The number of phenols is 1. The Hall–Kier alpha value is -1.75. The summed E-state index contributed by atoms with van der Waals surface area (Å²) < 4.78 is 5.18. The number of ether oxygens (including phenoxy) is 1. The highest BCUT2D eigenvalue weighted by Gasteiger charge is 2.17. The van der Waals surface area contributed by atoms with Gasteiger partial charge in [-0.3, -0.25) is 4.79 Å². The van der Waals surface area contributed by atoms with Gasteiger partial charge in [-0.05, 0) is 23.8 Å². The molecule has 0 aliphatic carbocycles. The van der Waals surface area contributed by atoms with Crippen LogP contribution in [0, 0.1) is 0 Å². The predicted octanol–water partition coefficient (Wildman–Crippen LogP) is 0.376. The number of hydrogen-bond donors (Lipinski definition) is 2. The number of nitrogens with two attached hydrogens (primary N) is 1. The monoisotopic (exact) mass is 236 g/mol. The first-order chi connectivity index (χ1) is 8.16. The van der Waals surface area contributed by atoms with Crippen LogP contribution in [0.1, 0.15) is 5.56 Å². The molecule has 0 radical (unpaired) electrons. The number of rotatable bonds is 2. The second kappa shape index (κ2) is 5.05. The molecule has 1 aromatic carbocycles. The Bertz CT molecular complexity index is 414. The molecular formula is C12H16N2O3. The lowest BCUT2D eigenvalue weighted by molar-refractivity contribution is -0.134. The van der Waals surface area contributed by atoms with E-state index in [9.17, 15) is 9.90 Å². The summed E-state index contributed by atoms with van der Waals surface area (Å²) >= 11 is 0. The zero-order valence-electron chi connectivity index (χ0n) is 9.56. The Kier molecular flexibility index (Phi) is 3.49. The van der Waals surface area contributed by atoms with Crippen LogP contribution in [0.2, 0.25) is 0 Å². The molecule has 0 saturated carbocycles. The molecular weight excluding hydrogens is 220 g/mol. The zero-order chi connectivity index (χ0) is 12.3. The van der Waals surface area contributed by atoms with Crippen LogP contribution in [0.3, 0.4) is 0 Å². The Morgan fingerprint density at radius 3 is 2.82 bits per heavy atom. The second-order valence-corrected chi connectivity index (χ2v) is 4.05. The van der Waals surface area contributed by atoms with Crippen molar-refractivity contribution in [1.82, 2.24) is 4.90 Å². The molecule has 0 atom stereocenters. The highest BCUT2D eigenvalue weighted by Crippen LogP contribution is 2.19. The van der Waals surface area contributed by atoms with Gasteiger partial charge in [-0.25, -0.2) is 0 Å². The zero-order valence-corrected chi connectivity index (χ0v) is 9.56. The smallest absolute Gasteiger partial charge is 0.227 e. The number of anilines is 1. The molecule has 1 fully saturated rings. The van der Waals surface area contributed by atoms with Gasteiger partial charge in [0, 0.05) is 18.8 Å². The van der Waals surface area contributed by atoms with Crippen LogP contribution in [-0.2, 0) is 16.0 Å². The minimum Gasteiger partial charge on any atom is -0.508 e. The molecule has 0 bridgehead atoms. The number of hydrogen-bond acceptors (Lipinski definition) is 4. The molecule has 3 N–H and O–H groups in total. The molecule has 92 valence electrons. The first-order valence-electron chi connectivity index (χ1n) is 5.59. The second-order valence-electron chi connectivity index (χ2n) is 4.05. The van der Waals surface area contributed by atoms with Crippen LogP contribution in [0.25, 0.3) is 0 Å². The van der Waals surface area contributed by atoms with E-state index in [1.807, 2.05) is 0 Å². The van der Waals surface area contributed by atoms with Crippen LogP contribution in [0.15, 0.2) is 18.2 Å². The fourth-order valence-electron chi connectivity index (χ4n) is 1.83. The molecule has 0 aromatic heterocycles. The maximum Gasteiger partial charge on any atom is 0.227 e. The summed E-state index contributed by atoms with van der Waals surface area (Å²) in [5, 5.41) is 9.36. The van der Waals surface area contributed by atoms with Crippen molar-refractivity contribution < 1.29 is 14.6 Å². The SMILES string of the molecule is Nc1ccc(O)cc1CC(=O)N1CCOCC1. The van der Waals surface area contributed by atoms with Gasteiger partial charge in [0.1, 0.15) is 5.75 Å². The molecule has 0 spiro atoms. The fourth-order valence-corrected chi connectivity index (χ4v) is 1.83. The normalized spacial score (nSPS) is 15.9. The number of benzene rings is 1. The number of nitrogens with zero attached hydrogens (tertiary/aromatic N) is 1. The Morgan fingerprint density at radius 2 is 2.12 bits per heavy atom. The van der Waals surface area contributed by atoms with Gasteiger partial charge in [-0.2, -0.15) is 0 Å². The molecule has 1 heterocycles. The maximum atomic E-state index is 12.0. The number of amides is 1. The molecule has 1 aliphatic rings. The molecule has 1 amide bonds. The van der Waals surface area contributed by atoms with E-state index in [0.717, 1.165) is 0 Å². The summed E-state index contributed by atoms with van der Waals surface area (Å²) in [4.78, 5) is 13.7. The Balaban J connectivity index is 2.04. The molecule has 1 aliphatic heterocycles. The van der Waals surface area contributed by atoms with Gasteiger partial charge >= 0.3 is 0 Å². The average Bonchev–Trinajstić information content (AvgIpc) is 2.35. The summed E-state index contributed by atoms with van der Waals surface area (Å²) in [5.74, 6) is 0.148. The van der Waals surface area contributed by atoms with E-state index < -0.39 is 0 Å². The van der Waals surface area contributed by atoms with Crippen LogP contribution in [-0.4, -0.2) is 42.2 Å². The number of phenolic OH excluding ortho intramolecular Hbond substituents is 1. The number of morpholine rings is 1. The van der Waals surface area contributed by atoms with E-state index in [2.05, 4.69) is 0 Å². The largest absolute Gasteiger partial charge is 0.508 e. The molecule has 17 heavy (non-hydrogen) atoms. The van der Waals surface area contributed by atoms with Gasteiger partial charge in [0.25, 0.3) is 0 Å². The number of carbonyl (C=O) groups excluding carboxylic acids is 1. The van der Waals surface area contributed by atoms with E-state index in [0.29, 0.717) is 37.6 Å². The Morgan fingerprint density at radius 1 is 1.41 bits per heavy atom. The molecule has 5 nitrogen and oxygen atoms in total. The topological polar surface area (TPSA) is 75.8 Å². The quantitative estimate of drug-likeness (QED) is 0.575. The van der Waals surface area contributed by atoms with E-state index >= 15 is 0 Å². The summed E-state index contributed by atoms with van der Waals surface area (Å²) in [6, 6.07) is 4.66. The third-order valence-electron chi connectivity index (χ3n) is 2.83. The van der Waals surface area contributed by atoms with E-state index in [1.54, 1.807) is 11.0 Å². The maximum absolute atomic E-state index is 12.0. The van der Waals surface area contributed by atoms with Crippen molar-refractivity contribution >= 4 is 11.6 Å². The van der Waals surface area contributed by atoms with Gasteiger partial charge in [0.15, 0.2) is 0 Å². The molecule has 1 aromatic rings. The molecule has 1 saturated heterocycles. The minimum absolute atomic E-state index is 0.0191. The van der Waals surface area contributed by atoms with Crippen LogP contribution < -0.4 is 5.73 Å². The van der Waals surface area contributed by atoms with Crippen LogP contribution in [0.5, 0.6) is 5.75 Å². The Labute approximate surface area is 99.8 Å². The predicted molar refractivity (Wildman–Crippen MR) is 63.6 cm³/mol. The number of carbonyl (C=O) groups is 1. The van der Waals surface area contributed by atoms with Crippen molar-refractivity contribution in [3.05, 3.63) is 23.8 Å². The number of aromatic hydroxyl groups is 1. The van der Waals surface area contributed by atoms with Gasteiger partial charge < -0.3 is 20.5 Å².